The Kier molecular flexibility index (Phi) is 4.51. The molecule has 0 atom stereocenters. The molecule has 0 spiro atoms. The van der Waals surface area contributed by atoms with E-state index in [9.17, 15) is 9.59 Å². The molecule has 0 aliphatic heterocycles. The topological polar surface area (TPSA) is 57.1 Å². The molecule has 4 rings (SSSR count). The van der Waals surface area contributed by atoms with Crippen molar-refractivity contribution in [2.75, 3.05) is 0 Å². The molecule has 0 bridgehead atoms. The van der Waals surface area contributed by atoms with Gasteiger partial charge in [0.2, 0.25) is 0 Å². The minimum absolute atomic E-state index is 0.0368. The Morgan fingerprint density at radius 3 is 2.46 bits per heavy atom. The summed E-state index contributed by atoms with van der Waals surface area (Å²) in [4.78, 5) is 25.3. The molecule has 0 aliphatic rings. The second-order valence-corrected chi connectivity index (χ2v) is 7.21. The van der Waals surface area contributed by atoms with Gasteiger partial charge in [-0.15, -0.1) is 0 Å². The van der Waals surface area contributed by atoms with Crippen molar-refractivity contribution in [1.82, 2.24) is 9.13 Å². The second-order valence-electron chi connectivity index (χ2n) is 7.21. The van der Waals surface area contributed by atoms with Gasteiger partial charge in [0.1, 0.15) is 0 Å². The van der Waals surface area contributed by atoms with Gasteiger partial charge in [-0.3, -0.25) is 9.36 Å². The van der Waals surface area contributed by atoms with E-state index in [2.05, 4.69) is 16.7 Å². The summed E-state index contributed by atoms with van der Waals surface area (Å²) >= 11 is 0. The van der Waals surface area contributed by atoms with Crippen LogP contribution in [0.3, 0.4) is 0 Å². The first-order valence-corrected chi connectivity index (χ1v) is 9.28. The number of aryl methyl sites for hydroxylation is 2. The fraction of sp³-hybridized carbons (Fsp3) is 0.217. The molecule has 142 valence electrons. The minimum Gasteiger partial charge on any atom is -0.408 e. The molecule has 0 N–H and O–H groups in total. The Balaban J connectivity index is 1.66. The highest BCUT2D eigenvalue weighted by molar-refractivity contribution is 5.98. The van der Waals surface area contributed by atoms with Gasteiger partial charge in [-0.05, 0) is 50.1 Å². The standard InChI is InChI=1S/C23H22N2O3/c1-15-9-10-22-20(11-15)25(23(27)28-22)14-21(26)19-12-16(2)24(17(19)3)13-18-7-5-4-6-8-18/h4-12H,13-14H2,1-3H3. The van der Waals surface area contributed by atoms with Gasteiger partial charge in [0, 0.05) is 23.5 Å². The van der Waals surface area contributed by atoms with Crippen molar-refractivity contribution in [3.63, 3.8) is 0 Å². The first kappa shape index (κ1) is 18.0. The summed E-state index contributed by atoms with van der Waals surface area (Å²) in [5, 5.41) is 0. The van der Waals surface area contributed by atoms with E-state index in [-0.39, 0.29) is 12.3 Å². The van der Waals surface area contributed by atoms with Gasteiger partial charge >= 0.3 is 5.76 Å². The lowest BCUT2D eigenvalue weighted by atomic mass is 10.1. The molecule has 2 aromatic heterocycles. The van der Waals surface area contributed by atoms with Gasteiger partial charge in [-0.2, -0.15) is 0 Å². The van der Waals surface area contributed by atoms with Crippen LogP contribution in [-0.4, -0.2) is 14.9 Å². The van der Waals surface area contributed by atoms with E-state index in [1.807, 2.05) is 57.2 Å². The van der Waals surface area contributed by atoms with Crippen LogP contribution in [0.1, 0.15) is 32.9 Å². The molecule has 0 saturated heterocycles. The fourth-order valence-electron chi connectivity index (χ4n) is 3.64. The normalized spacial score (nSPS) is 11.2. The molecule has 4 aromatic rings. The van der Waals surface area contributed by atoms with Crippen LogP contribution in [0.2, 0.25) is 0 Å². The second kappa shape index (κ2) is 7.00. The average molecular weight is 374 g/mol. The Hall–Kier alpha value is -3.34. The number of hydrogen-bond acceptors (Lipinski definition) is 3. The lowest BCUT2D eigenvalue weighted by molar-refractivity contribution is 0.0970. The molecular formula is C23H22N2O3. The smallest absolute Gasteiger partial charge is 0.408 e. The zero-order chi connectivity index (χ0) is 19.8. The van der Waals surface area contributed by atoms with Gasteiger partial charge in [-0.1, -0.05) is 36.4 Å². The van der Waals surface area contributed by atoms with Crippen molar-refractivity contribution >= 4 is 16.9 Å². The maximum Gasteiger partial charge on any atom is 0.420 e. The summed E-state index contributed by atoms with van der Waals surface area (Å²) in [6, 6.07) is 17.6. The van der Waals surface area contributed by atoms with Crippen molar-refractivity contribution in [3.8, 4) is 0 Å². The zero-order valence-electron chi connectivity index (χ0n) is 16.2. The number of rotatable bonds is 5. The summed E-state index contributed by atoms with van der Waals surface area (Å²) in [7, 11) is 0. The molecule has 5 nitrogen and oxygen atoms in total. The molecule has 2 aromatic carbocycles. The van der Waals surface area contributed by atoms with Crippen LogP contribution in [0.5, 0.6) is 0 Å². The Morgan fingerprint density at radius 2 is 1.71 bits per heavy atom. The highest BCUT2D eigenvalue weighted by Crippen LogP contribution is 2.20. The van der Waals surface area contributed by atoms with E-state index in [1.165, 1.54) is 10.1 Å². The summed E-state index contributed by atoms with van der Waals surface area (Å²) in [6.07, 6.45) is 0. The largest absolute Gasteiger partial charge is 0.420 e. The maximum atomic E-state index is 13.0. The third-order valence-corrected chi connectivity index (χ3v) is 5.18. The van der Waals surface area contributed by atoms with Crippen LogP contribution in [0, 0.1) is 20.8 Å². The molecular weight excluding hydrogens is 352 g/mol. The van der Waals surface area contributed by atoms with Crippen molar-refractivity contribution < 1.29 is 9.21 Å². The number of carbonyl (C=O) groups is 1. The maximum absolute atomic E-state index is 13.0. The Labute approximate surface area is 162 Å². The van der Waals surface area contributed by atoms with E-state index < -0.39 is 5.76 Å². The van der Waals surface area contributed by atoms with Gasteiger partial charge in [-0.25, -0.2) is 4.79 Å². The predicted molar refractivity (Wildman–Crippen MR) is 109 cm³/mol. The highest BCUT2D eigenvalue weighted by Gasteiger charge is 2.19. The third-order valence-electron chi connectivity index (χ3n) is 5.18. The molecule has 0 amide bonds. The Bertz CT molecular complexity index is 1230. The van der Waals surface area contributed by atoms with Crippen LogP contribution in [0.15, 0.2) is 63.8 Å². The number of nitrogens with zero attached hydrogens (tertiary/aromatic N) is 2. The lowest BCUT2D eigenvalue weighted by Crippen LogP contribution is -2.20. The molecule has 2 heterocycles. The molecule has 0 unspecified atom stereocenters. The van der Waals surface area contributed by atoms with Gasteiger partial charge in [0.15, 0.2) is 11.4 Å². The summed E-state index contributed by atoms with van der Waals surface area (Å²) in [6.45, 7) is 6.56. The molecule has 0 radical (unpaired) electrons. The minimum atomic E-state index is -0.507. The van der Waals surface area contributed by atoms with Gasteiger partial charge < -0.3 is 8.98 Å². The van der Waals surface area contributed by atoms with Crippen LogP contribution in [0.25, 0.3) is 11.1 Å². The van der Waals surface area contributed by atoms with Crippen molar-refractivity contribution in [3.05, 3.63) is 93.2 Å². The van der Waals surface area contributed by atoms with Crippen molar-refractivity contribution in [1.29, 1.82) is 0 Å². The highest BCUT2D eigenvalue weighted by atomic mass is 16.4. The van der Waals surface area contributed by atoms with Gasteiger partial charge in [0.05, 0.1) is 12.1 Å². The van der Waals surface area contributed by atoms with E-state index in [0.29, 0.717) is 23.2 Å². The van der Waals surface area contributed by atoms with Crippen LogP contribution in [0.4, 0.5) is 0 Å². The zero-order valence-corrected chi connectivity index (χ0v) is 16.2. The number of fused-ring (bicyclic) bond motifs is 1. The molecule has 5 heteroatoms. The van der Waals surface area contributed by atoms with Crippen LogP contribution >= 0.6 is 0 Å². The molecule has 0 fully saturated rings. The van der Waals surface area contributed by atoms with E-state index in [4.69, 9.17) is 4.42 Å². The molecule has 0 aliphatic carbocycles. The SMILES string of the molecule is Cc1ccc2oc(=O)n(CC(=O)c3cc(C)n(Cc4ccccc4)c3C)c2c1. The van der Waals surface area contributed by atoms with Crippen molar-refractivity contribution in [2.24, 2.45) is 0 Å². The quantitative estimate of drug-likeness (QED) is 0.491. The first-order valence-electron chi connectivity index (χ1n) is 9.28. The lowest BCUT2D eigenvalue weighted by Gasteiger charge is -2.10. The number of ketones is 1. The average Bonchev–Trinajstić information content (AvgIpc) is 3.13. The van der Waals surface area contributed by atoms with Crippen LogP contribution in [-0.2, 0) is 13.1 Å². The van der Waals surface area contributed by atoms with E-state index in [0.717, 1.165) is 17.0 Å². The summed E-state index contributed by atoms with van der Waals surface area (Å²) in [5.41, 5.74) is 5.90. The van der Waals surface area contributed by atoms with Crippen molar-refractivity contribution in [2.45, 2.75) is 33.9 Å². The monoisotopic (exact) mass is 374 g/mol. The van der Waals surface area contributed by atoms with Crippen LogP contribution < -0.4 is 5.76 Å². The summed E-state index contributed by atoms with van der Waals surface area (Å²) in [5.74, 6) is -0.606. The predicted octanol–water partition coefficient (Wildman–Crippen LogP) is 4.25. The Morgan fingerprint density at radius 1 is 0.964 bits per heavy atom. The number of hydrogen-bond donors (Lipinski definition) is 0. The number of benzene rings is 2. The number of aromatic nitrogens is 2. The third kappa shape index (κ3) is 3.20. The molecule has 28 heavy (non-hydrogen) atoms. The number of carbonyl (C=O) groups excluding carboxylic acids is 1. The number of Topliss-reactive ketones (excluding diaryl/α,β-unsaturated/α-hetero) is 1. The van der Waals surface area contributed by atoms with E-state index >= 15 is 0 Å². The van der Waals surface area contributed by atoms with Gasteiger partial charge in [0.25, 0.3) is 0 Å². The van der Waals surface area contributed by atoms with E-state index in [1.54, 1.807) is 6.07 Å². The fourth-order valence-corrected chi connectivity index (χ4v) is 3.64. The molecule has 0 saturated carbocycles. The number of oxazole rings is 1. The first-order chi connectivity index (χ1) is 13.4. The summed E-state index contributed by atoms with van der Waals surface area (Å²) < 4.78 is 8.82.